The van der Waals surface area contributed by atoms with Crippen LogP contribution < -0.4 is 0 Å². The molecule has 0 aliphatic carbocycles. The van der Waals surface area contributed by atoms with Gasteiger partial charge in [-0.3, -0.25) is 9.59 Å². The lowest BCUT2D eigenvalue weighted by atomic mass is 9.86. The normalized spacial score (nSPS) is 14.4. The Balaban J connectivity index is 4.31. The molecule has 0 bridgehead atoms. The van der Waals surface area contributed by atoms with Crippen LogP contribution >= 0.6 is 0 Å². The Morgan fingerprint density at radius 3 is 2.00 bits per heavy atom. The van der Waals surface area contributed by atoms with Gasteiger partial charge in [0.2, 0.25) is 0 Å². The van der Waals surface area contributed by atoms with Crippen LogP contribution in [0.2, 0.25) is 0 Å². The lowest BCUT2D eigenvalue weighted by molar-refractivity contribution is -0.146. The van der Waals surface area contributed by atoms with Gasteiger partial charge in [0, 0.05) is 18.8 Å². The maximum Gasteiger partial charge on any atom is 0.307 e. The minimum Gasteiger partial charge on any atom is -0.481 e. The van der Waals surface area contributed by atoms with Crippen molar-refractivity contribution < 1.29 is 19.5 Å². The topological polar surface area (TPSA) is 71.4 Å². The molecule has 0 amide bonds. The summed E-state index contributed by atoms with van der Waals surface area (Å²) in [4.78, 5) is 33.6. The summed E-state index contributed by atoms with van der Waals surface area (Å²) in [6.45, 7) is 6.84. The van der Waals surface area contributed by atoms with E-state index < -0.39 is 11.9 Å². The molecule has 0 aliphatic rings. The van der Waals surface area contributed by atoms with Gasteiger partial charge in [0.15, 0.2) is 0 Å². The maximum atomic E-state index is 11.8. The lowest BCUT2D eigenvalue weighted by Gasteiger charge is -2.17. The average molecular weight is 242 g/mol. The Bertz CT molecular complexity index is 294. The van der Waals surface area contributed by atoms with Gasteiger partial charge in [-0.25, -0.2) is 0 Å². The summed E-state index contributed by atoms with van der Waals surface area (Å²) < 4.78 is 0. The van der Waals surface area contributed by atoms with Gasteiger partial charge in [0.25, 0.3) is 0 Å². The first-order chi connectivity index (χ1) is 7.75. The number of carboxylic acid groups (broad SMARTS) is 1. The second-order valence-corrected chi connectivity index (χ2v) is 5.00. The van der Waals surface area contributed by atoms with Crippen molar-refractivity contribution in [2.75, 3.05) is 0 Å². The fourth-order valence-corrected chi connectivity index (χ4v) is 1.61. The van der Waals surface area contributed by atoms with Crippen molar-refractivity contribution in [2.24, 2.45) is 17.8 Å². The molecule has 0 spiro atoms. The van der Waals surface area contributed by atoms with Gasteiger partial charge in [-0.15, -0.1) is 0 Å². The number of ketones is 2. The van der Waals surface area contributed by atoms with Crippen LogP contribution in [0.3, 0.4) is 0 Å². The van der Waals surface area contributed by atoms with E-state index in [2.05, 4.69) is 0 Å². The van der Waals surface area contributed by atoms with Crippen molar-refractivity contribution in [2.45, 2.75) is 47.0 Å². The van der Waals surface area contributed by atoms with Crippen LogP contribution in [0.1, 0.15) is 47.0 Å². The molecule has 2 atom stereocenters. The number of hydrogen-bond acceptors (Lipinski definition) is 3. The molecule has 0 aromatic carbocycles. The molecule has 98 valence electrons. The molecule has 4 nitrogen and oxygen atoms in total. The highest BCUT2D eigenvalue weighted by Gasteiger charge is 2.26. The summed E-state index contributed by atoms with van der Waals surface area (Å²) >= 11 is 0. The van der Waals surface area contributed by atoms with Gasteiger partial charge in [0.1, 0.15) is 11.6 Å². The number of carbonyl (C=O) groups excluding carboxylic acids is 2. The third-order valence-corrected chi connectivity index (χ3v) is 3.02. The molecule has 0 aliphatic heterocycles. The quantitative estimate of drug-likeness (QED) is 0.709. The lowest BCUT2D eigenvalue weighted by Crippen LogP contribution is -2.25. The van der Waals surface area contributed by atoms with E-state index in [0.717, 1.165) is 0 Å². The molecular weight excluding hydrogens is 220 g/mol. The summed E-state index contributed by atoms with van der Waals surface area (Å²) in [5, 5.41) is 8.99. The van der Waals surface area contributed by atoms with Crippen LogP contribution in [-0.2, 0) is 14.4 Å². The first kappa shape index (κ1) is 15.8. The van der Waals surface area contributed by atoms with Crippen LogP contribution in [-0.4, -0.2) is 22.6 Å². The standard InChI is InChI=1S/C13H22O4/c1-8(2)11(13(16)17)7-12(15)9(3)5-6-10(4)14/h8-9,11H,5-7H2,1-4H3,(H,16,17)/t9-,11-/m0/s1. The number of carboxylic acids is 1. The first-order valence-electron chi connectivity index (χ1n) is 6.00. The van der Waals surface area contributed by atoms with Gasteiger partial charge in [0.05, 0.1) is 5.92 Å². The van der Waals surface area contributed by atoms with E-state index >= 15 is 0 Å². The second kappa shape index (κ2) is 7.20. The summed E-state index contributed by atoms with van der Waals surface area (Å²) in [6, 6.07) is 0. The third-order valence-electron chi connectivity index (χ3n) is 3.02. The molecule has 0 saturated carbocycles. The molecule has 0 rings (SSSR count). The highest BCUT2D eigenvalue weighted by atomic mass is 16.4. The predicted octanol–water partition coefficient (Wildman–Crippen LogP) is 2.31. The van der Waals surface area contributed by atoms with Gasteiger partial charge < -0.3 is 9.90 Å². The van der Waals surface area contributed by atoms with E-state index in [-0.39, 0.29) is 29.8 Å². The van der Waals surface area contributed by atoms with Crippen LogP contribution in [0.15, 0.2) is 0 Å². The van der Waals surface area contributed by atoms with Crippen molar-refractivity contribution in [1.29, 1.82) is 0 Å². The van der Waals surface area contributed by atoms with Gasteiger partial charge in [-0.2, -0.15) is 0 Å². The number of carbonyl (C=O) groups is 3. The summed E-state index contributed by atoms with van der Waals surface area (Å²) in [5.41, 5.74) is 0. The zero-order valence-corrected chi connectivity index (χ0v) is 11.0. The molecular formula is C13H22O4. The molecule has 0 fully saturated rings. The van der Waals surface area contributed by atoms with Crippen LogP contribution in [0.4, 0.5) is 0 Å². The summed E-state index contributed by atoms with van der Waals surface area (Å²) in [7, 11) is 0. The molecule has 0 heterocycles. The van der Waals surface area contributed by atoms with Crippen molar-refractivity contribution in [3.8, 4) is 0 Å². The molecule has 0 aromatic rings. The van der Waals surface area contributed by atoms with E-state index in [1.54, 1.807) is 20.8 Å². The Kier molecular flexibility index (Phi) is 6.69. The first-order valence-corrected chi connectivity index (χ1v) is 6.00. The minimum atomic E-state index is -0.924. The zero-order valence-electron chi connectivity index (χ0n) is 11.0. The van der Waals surface area contributed by atoms with E-state index in [1.165, 1.54) is 6.92 Å². The fraction of sp³-hybridized carbons (Fsp3) is 0.769. The van der Waals surface area contributed by atoms with Crippen LogP contribution in [0, 0.1) is 17.8 Å². The Morgan fingerprint density at radius 2 is 1.65 bits per heavy atom. The minimum absolute atomic E-state index is 0.0586. The highest BCUT2D eigenvalue weighted by Crippen LogP contribution is 2.20. The molecule has 0 unspecified atom stereocenters. The monoisotopic (exact) mass is 242 g/mol. The Labute approximate surface area is 102 Å². The summed E-state index contributed by atoms with van der Waals surface area (Å²) in [6.07, 6.45) is 0.955. The SMILES string of the molecule is CC(=O)CC[C@H](C)C(=O)C[C@H](C(=O)O)C(C)C. The zero-order chi connectivity index (χ0) is 13.6. The van der Waals surface area contributed by atoms with E-state index in [4.69, 9.17) is 5.11 Å². The van der Waals surface area contributed by atoms with E-state index in [1.807, 2.05) is 0 Å². The molecule has 0 aromatic heterocycles. The Hall–Kier alpha value is -1.19. The highest BCUT2D eigenvalue weighted by molar-refractivity contribution is 5.86. The van der Waals surface area contributed by atoms with Crippen molar-refractivity contribution in [1.82, 2.24) is 0 Å². The molecule has 17 heavy (non-hydrogen) atoms. The maximum absolute atomic E-state index is 11.8. The van der Waals surface area contributed by atoms with Gasteiger partial charge >= 0.3 is 5.97 Å². The number of hydrogen-bond donors (Lipinski definition) is 1. The Morgan fingerprint density at radius 1 is 1.12 bits per heavy atom. The van der Waals surface area contributed by atoms with Gasteiger partial charge in [-0.1, -0.05) is 20.8 Å². The van der Waals surface area contributed by atoms with Gasteiger partial charge in [-0.05, 0) is 19.3 Å². The average Bonchev–Trinajstić information content (AvgIpc) is 2.20. The number of rotatable bonds is 8. The van der Waals surface area contributed by atoms with Crippen molar-refractivity contribution in [3.63, 3.8) is 0 Å². The molecule has 1 N–H and O–H groups in total. The third kappa shape index (κ3) is 6.19. The van der Waals surface area contributed by atoms with Crippen molar-refractivity contribution in [3.05, 3.63) is 0 Å². The molecule has 0 radical (unpaired) electrons. The smallest absolute Gasteiger partial charge is 0.307 e. The van der Waals surface area contributed by atoms with E-state index in [9.17, 15) is 14.4 Å². The van der Waals surface area contributed by atoms with E-state index in [0.29, 0.717) is 12.8 Å². The second-order valence-electron chi connectivity index (χ2n) is 5.00. The van der Waals surface area contributed by atoms with Crippen molar-refractivity contribution >= 4 is 17.5 Å². The predicted molar refractivity (Wildman–Crippen MR) is 64.7 cm³/mol. The number of Topliss-reactive ketones (excluding diaryl/α,β-unsaturated/α-hetero) is 2. The summed E-state index contributed by atoms with van der Waals surface area (Å²) in [5.74, 6) is -1.85. The molecule has 0 saturated heterocycles. The van der Waals surface area contributed by atoms with Crippen LogP contribution in [0.25, 0.3) is 0 Å². The number of aliphatic carboxylic acids is 1. The molecule has 4 heteroatoms. The largest absolute Gasteiger partial charge is 0.481 e. The van der Waals surface area contributed by atoms with Crippen LogP contribution in [0.5, 0.6) is 0 Å². The fourth-order valence-electron chi connectivity index (χ4n) is 1.61.